The molecule has 0 bridgehead atoms. The minimum atomic E-state index is -1.28. The first kappa shape index (κ1) is 18.7. The lowest BCUT2D eigenvalue weighted by atomic mass is 10.1. The summed E-state index contributed by atoms with van der Waals surface area (Å²) in [6, 6.07) is -1.96. The molecule has 0 aromatic heterocycles. The van der Waals surface area contributed by atoms with Gasteiger partial charge in [0.15, 0.2) is 0 Å². The zero-order valence-corrected chi connectivity index (χ0v) is 12.0. The number of primary amides is 2. The number of nitrogens with zero attached hydrogens (tertiary/aromatic N) is 1. The first-order valence-corrected chi connectivity index (χ1v) is 6.62. The van der Waals surface area contributed by atoms with E-state index in [1.807, 2.05) is 6.92 Å². The van der Waals surface area contributed by atoms with Gasteiger partial charge in [0.2, 0.25) is 11.8 Å². The van der Waals surface area contributed by atoms with Gasteiger partial charge < -0.3 is 26.8 Å². The maximum Gasteiger partial charge on any atom is 0.326 e. The van der Waals surface area contributed by atoms with Crippen molar-refractivity contribution >= 4 is 23.8 Å². The molecule has 0 fully saturated rings. The van der Waals surface area contributed by atoms with Crippen LogP contribution in [0.2, 0.25) is 0 Å². The Hall–Kier alpha value is -2.32. The van der Waals surface area contributed by atoms with E-state index < -0.39 is 29.9 Å². The Morgan fingerprint density at radius 3 is 2.24 bits per heavy atom. The second-order valence-electron chi connectivity index (χ2n) is 4.59. The highest BCUT2D eigenvalue weighted by molar-refractivity contribution is 5.86. The normalized spacial score (nSPS) is 11.5. The van der Waals surface area contributed by atoms with Crippen LogP contribution in [0.25, 0.3) is 0 Å². The number of amides is 4. The Morgan fingerprint density at radius 1 is 1.19 bits per heavy atom. The zero-order valence-electron chi connectivity index (χ0n) is 12.0. The van der Waals surface area contributed by atoms with Crippen molar-refractivity contribution in [3.05, 3.63) is 0 Å². The van der Waals surface area contributed by atoms with Crippen LogP contribution in [-0.2, 0) is 14.4 Å². The molecular formula is C12H22N4O5. The number of rotatable bonds is 10. The maximum absolute atomic E-state index is 12.0. The van der Waals surface area contributed by atoms with Crippen LogP contribution in [0.15, 0.2) is 0 Å². The van der Waals surface area contributed by atoms with Gasteiger partial charge in [0, 0.05) is 13.0 Å². The van der Waals surface area contributed by atoms with Gasteiger partial charge in [-0.15, -0.1) is 0 Å². The van der Waals surface area contributed by atoms with E-state index in [1.54, 1.807) is 0 Å². The highest BCUT2D eigenvalue weighted by atomic mass is 16.4. The van der Waals surface area contributed by atoms with Crippen LogP contribution in [0, 0.1) is 0 Å². The Morgan fingerprint density at radius 2 is 1.81 bits per heavy atom. The molecule has 9 nitrogen and oxygen atoms in total. The number of hydrogen-bond donors (Lipinski definition) is 4. The molecule has 0 rings (SSSR count). The number of nitrogens with one attached hydrogen (secondary N) is 1. The lowest BCUT2D eigenvalue weighted by molar-refractivity contribution is -0.139. The molecule has 1 atom stereocenters. The zero-order chi connectivity index (χ0) is 16.4. The van der Waals surface area contributed by atoms with Gasteiger partial charge in [0.25, 0.3) is 0 Å². The summed E-state index contributed by atoms with van der Waals surface area (Å²) in [6.07, 6.45) is 1.17. The number of nitrogens with two attached hydrogens (primary N) is 2. The Bertz CT molecular complexity index is 399. The van der Waals surface area contributed by atoms with Crippen molar-refractivity contribution in [3.8, 4) is 0 Å². The standard InChI is InChI=1S/C12H22N4O5/c1-2-3-6-16(7-10(14)18)12(21)15-8(11(19)20)4-5-9(13)17/h8H,2-7H2,1H3,(H2,13,17)(H2,14,18)(H,15,21)(H,19,20)/t8-/m1/s1. The molecule has 9 heteroatoms. The van der Waals surface area contributed by atoms with Crippen LogP contribution in [0.5, 0.6) is 0 Å². The summed E-state index contributed by atoms with van der Waals surface area (Å²) < 4.78 is 0. The minimum absolute atomic E-state index is 0.116. The van der Waals surface area contributed by atoms with Crippen LogP contribution in [-0.4, -0.2) is 53.0 Å². The lowest BCUT2D eigenvalue weighted by Crippen LogP contribution is -2.50. The summed E-state index contributed by atoms with van der Waals surface area (Å²) in [5.74, 6) is -2.63. The number of urea groups is 1. The number of unbranched alkanes of at least 4 members (excludes halogenated alkanes) is 1. The maximum atomic E-state index is 12.0. The van der Waals surface area contributed by atoms with Gasteiger partial charge in [-0.1, -0.05) is 13.3 Å². The Balaban J connectivity index is 4.68. The molecule has 6 N–H and O–H groups in total. The molecule has 120 valence electrons. The molecule has 0 aliphatic heterocycles. The Labute approximate surface area is 122 Å². The van der Waals surface area contributed by atoms with E-state index in [-0.39, 0.29) is 25.9 Å². The molecule has 0 radical (unpaired) electrons. The fourth-order valence-electron chi connectivity index (χ4n) is 1.57. The molecule has 0 saturated heterocycles. The second kappa shape index (κ2) is 9.56. The van der Waals surface area contributed by atoms with Crippen LogP contribution in [0.3, 0.4) is 0 Å². The molecular weight excluding hydrogens is 280 g/mol. The number of carbonyl (C=O) groups excluding carboxylic acids is 3. The summed E-state index contributed by atoms with van der Waals surface area (Å²) >= 11 is 0. The molecule has 0 aromatic carbocycles. The molecule has 0 unspecified atom stereocenters. The van der Waals surface area contributed by atoms with Gasteiger partial charge in [-0.2, -0.15) is 0 Å². The van der Waals surface area contributed by atoms with Gasteiger partial charge >= 0.3 is 12.0 Å². The number of aliphatic carboxylic acids is 1. The molecule has 0 aliphatic carbocycles. The van der Waals surface area contributed by atoms with Gasteiger partial charge in [0.1, 0.15) is 12.6 Å². The molecule has 0 aromatic rings. The summed E-state index contributed by atoms with van der Waals surface area (Å²) in [5, 5.41) is 11.3. The van der Waals surface area contributed by atoms with Crippen molar-refractivity contribution in [2.75, 3.05) is 13.1 Å². The minimum Gasteiger partial charge on any atom is -0.480 e. The largest absolute Gasteiger partial charge is 0.480 e. The van der Waals surface area contributed by atoms with Crippen LogP contribution < -0.4 is 16.8 Å². The number of carboxylic acid groups (broad SMARTS) is 1. The number of hydrogen-bond acceptors (Lipinski definition) is 4. The van der Waals surface area contributed by atoms with Gasteiger partial charge in [-0.05, 0) is 12.8 Å². The topological polar surface area (TPSA) is 156 Å². The monoisotopic (exact) mass is 302 g/mol. The summed E-state index contributed by atoms with van der Waals surface area (Å²) in [6.45, 7) is 1.90. The fourth-order valence-corrected chi connectivity index (χ4v) is 1.57. The molecule has 0 aliphatic rings. The summed E-state index contributed by atoms with van der Waals surface area (Å²) in [5.41, 5.74) is 10.0. The van der Waals surface area contributed by atoms with Crippen molar-refractivity contribution < 1.29 is 24.3 Å². The predicted molar refractivity (Wildman–Crippen MR) is 74.1 cm³/mol. The van der Waals surface area contributed by atoms with E-state index in [0.717, 1.165) is 11.3 Å². The average molecular weight is 302 g/mol. The third-order valence-electron chi connectivity index (χ3n) is 2.69. The van der Waals surface area contributed by atoms with Gasteiger partial charge in [-0.3, -0.25) is 9.59 Å². The third kappa shape index (κ3) is 8.45. The molecule has 21 heavy (non-hydrogen) atoms. The van der Waals surface area contributed by atoms with Crippen LogP contribution in [0.4, 0.5) is 4.79 Å². The van der Waals surface area contributed by atoms with Crippen molar-refractivity contribution in [1.29, 1.82) is 0 Å². The molecule has 0 spiro atoms. The molecule has 0 saturated carbocycles. The quantitative estimate of drug-likeness (QED) is 0.407. The summed E-state index contributed by atoms with van der Waals surface area (Å²) in [7, 11) is 0. The predicted octanol–water partition coefficient (Wildman–Crippen LogP) is -0.998. The van der Waals surface area contributed by atoms with E-state index in [9.17, 15) is 19.2 Å². The average Bonchev–Trinajstić information content (AvgIpc) is 2.37. The highest BCUT2D eigenvalue weighted by Gasteiger charge is 2.24. The third-order valence-corrected chi connectivity index (χ3v) is 2.69. The van der Waals surface area contributed by atoms with Crippen molar-refractivity contribution in [2.24, 2.45) is 11.5 Å². The van der Waals surface area contributed by atoms with E-state index in [0.29, 0.717) is 6.42 Å². The van der Waals surface area contributed by atoms with Crippen molar-refractivity contribution in [3.63, 3.8) is 0 Å². The smallest absolute Gasteiger partial charge is 0.326 e. The molecule has 0 heterocycles. The van der Waals surface area contributed by atoms with Crippen LogP contribution >= 0.6 is 0 Å². The second-order valence-corrected chi connectivity index (χ2v) is 4.59. The van der Waals surface area contributed by atoms with Crippen LogP contribution in [0.1, 0.15) is 32.6 Å². The number of carbonyl (C=O) groups is 4. The van der Waals surface area contributed by atoms with Crippen molar-refractivity contribution in [2.45, 2.75) is 38.6 Å². The molecule has 4 amide bonds. The van der Waals surface area contributed by atoms with E-state index >= 15 is 0 Å². The van der Waals surface area contributed by atoms with E-state index in [2.05, 4.69) is 5.32 Å². The highest BCUT2D eigenvalue weighted by Crippen LogP contribution is 2.01. The Kier molecular flexibility index (Phi) is 8.51. The summed E-state index contributed by atoms with van der Waals surface area (Å²) in [4.78, 5) is 45.8. The van der Waals surface area contributed by atoms with E-state index in [1.165, 1.54) is 0 Å². The fraction of sp³-hybridized carbons (Fsp3) is 0.667. The lowest BCUT2D eigenvalue weighted by Gasteiger charge is -2.23. The van der Waals surface area contributed by atoms with Crippen molar-refractivity contribution in [1.82, 2.24) is 10.2 Å². The SMILES string of the molecule is CCCCN(CC(N)=O)C(=O)N[C@H](CCC(N)=O)C(=O)O. The first-order chi connectivity index (χ1) is 9.77. The van der Waals surface area contributed by atoms with Gasteiger partial charge in [-0.25, -0.2) is 9.59 Å². The first-order valence-electron chi connectivity index (χ1n) is 6.62. The van der Waals surface area contributed by atoms with Gasteiger partial charge in [0.05, 0.1) is 0 Å². The number of carboxylic acids is 1. The van der Waals surface area contributed by atoms with E-state index in [4.69, 9.17) is 16.6 Å².